The lowest BCUT2D eigenvalue weighted by Crippen LogP contribution is -2.37. The van der Waals surface area contributed by atoms with Crippen LogP contribution in [0.1, 0.15) is 32.4 Å². The van der Waals surface area contributed by atoms with Crippen LogP contribution in [0.4, 0.5) is 5.82 Å². The third kappa shape index (κ3) is 4.13. The van der Waals surface area contributed by atoms with Gasteiger partial charge in [0, 0.05) is 24.2 Å². The first kappa shape index (κ1) is 17.8. The first-order chi connectivity index (χ1) is 11.3. The molecule has 2 aromatic heterocycles. The Morgan fingerprint density at radius 2 is 1.83 bits per heavy atom. The average Bonchev–Trinajstić information content (AvgIpc) is 2.53. The maximum absolute atomic E-state index is 6.02. The molecule has 2 aromatic rings. The van der Waals surface area contributed by atoms with Crippen molar-refractivity contribution in [2.45, 2.75) is 43.5 Å². The van der Waals surface area contributed by atoms with Crippen LogP contribution in [0.5, 0.6) is 0 Å². The lowest BCUT2D eigenvalue weighted by Gasteiger charge is -2.37. The minimum absolute atomic E-state index is 0.312. The Morgan fingerprint density at radius 1 is 1.12 bits per heavy atom. The number of piperidine rings is 1. The molecule has 0 unspecified atom stereocenters. The van der Waals surface area contributed by atoms with Crippen LogP contribution in [-0.2, 0) is 0 Å². The zero-order valence-electron chi connectivity index (χ0n) is 14.0. The third-order valence-electron chi connectivity index (χ3n) is 4.32. The molecule has 0 atom stereocenters. The Morgan fingerprint density at radius 3 is 2.46 bits per heavy atom. The summed E-state index contributed by atoms with van der Waals surface area (Å²) in [6.07, 6.45) is 5.91. The number of aryl methyl sites for hydroxylation is 1. The highest BCUT2D eigenvalue weighted by atomic mass is 35.5. The van der Waals surface area contributed by atoms with Crippen molar-refractivity contribution in [3.8, 4) is 0 Å². The van der Waals surface area contributed by atoms with Crippen molar-refractivity contribution in [3.05, 3.63) is 34.3 Å². The standard InChI is InChI=1S/C17H20Cl2N4S/c1-11-16(24-12-8-13(18)15(19)20-9-12)21-10-14(22-11)23-6-4-17(2,3)5-7-23/h8-10H,4-7H2,1-3H3. The number of rotatable bonds is 3. The maximum atomic E-state index is 6.02. The number of aromatic nitrogens is 3. The molecule has 4 nitrogen and oxygen atoms in total. The van der Waals surface area contributed by atoms with E-state index in [1.165, 1.54) is 24.6 Å². The zero-order valence-corrected chi connectivity index (χ0v) is 16.3. The Hall–Kier alpha value is -1.04. The molecule has 128 valence electrons. The van der Waals surface area contributed by atoms with Gasteiger partial charge in [0.25, 0.3) is 0 Å². The van der Waals surface area contributed by atoms with Crippen LogP contribution >= 0.6 is 35.0 Å². The van der Waals surface area contributed by atoms with Crippen LogP contribution in [0.3, 0.4) is 0 Å². The summed E-state index contributed by atoms with van der Waals surface area (Å²) < 4.78 is 0. The van der Waals surface area contributed by atoms with Crippen LogP contribution in [0.25, 0.3) is 0 Å². The van der Waals surface area contributed by atoms with Crippen LogP contribution in [0, 0.1) is 12.3 Å². The monoisotopic (exact) mass is 382 g/mol. The molecule has 0 N–H and O–H groups in total. The fraction of sp³-hybridized carbons (Fsp3) is 0.471. The molecular formula is C17H20Cl2N4S. The molecule has 1 fully saturated rings. The van der Waals surface area contributed by atoms with E-state index >= 15 is 0 Å². The summed E-state index contributed by atoms with van der Waals surface area (Å²) in [4.78, 5) is 16.6. The predicted octanol–water partition coefficient (Wildman–Crippen LogP) is 5.26. The van der Waals surface area contributed by atoms with Gasteiger partial charge in [-0.05, 0) is 31.2 Å². The van der Waals surface area contributed by atoms with Gasteiger partial charge in [0.2, 0.25) is 0 Å². The second kappa shape index (κ2) is 7.06. The van der Waals surface area contributed by atoms with Gasteiger partial charge in [0.15, 0.2) is 0 Å². The normalized spacial score (nSPS) is 17.1. The second-order valence-corrected chi connectivity index (χ2v) is 8.64. The van der Waals surface area contributed by atoms with Gasteiger partial charge in [-0.25, -0.2) is 15.0 Å². The van der Waals surface area contributed by atoms with Crippen molar-refractivity contribution in [3.63, 3.8) is 0 Å². The molecule has 3 rings (SSSR count). The van der Waals surface area contributed by atoms with Gasteiger partial charge >= 0.3 is 0 Å². The highest BCUT2D eigenvalue weighted by Crippen LogP contribution is 2.34. The van der Waals surface area contributed by atoms with Crippen LogP contribution in [0.15, 0.2) is 28.4 Å². The van der Waals surface area contributed by atoms with E-state index < -0.39 is 0 Å². The van der Waals surface area contributed by atoms with E-state index in [9.17, 15) is 0 Å². The van der Waals surface area contributed by atoms with Gasteiger partial charge in [-0.3, -0.25) is 0 Å². The number of hydrogen-bond acceptors (Lipinski definition) is 5. The molecule has 0 aliphatic carbocycles. The smallest absolute Gasteiger partial charge is 0.147 e. The molecule has 0 amide bonds. The minimum Gasteiger partial charge on any atom is -0.355 e. The molecule has 0 spiro atoms. The van der Waals surface area contributed by atoms with Gasteiger partial charge in [-0.1, -0.05) is 48.8 Å². The Bertz CT molecular complexity index is 741. The quantitative estimate of drug-likeness (QED) is 0.676. The molecule has 3 heterocycles. The lowest BCUT2D eigenvalue weighted by atomic mass is 9.83. The number of halogens is 2. The number of hydrogen-bond donors (Lipinski definition) is 0. The largest absolute Gasteiger partial charge is 0.355 e. The van der Waals surface area contributed by atoms with E-state index in [1.54, 1.807) is 12.3 Å². The molecular weight excluding hydrogens is 363 g/mol. The summed E-state index contributed by atoms with van der Waals surface area (Å²) in [6, 6.07) is 1.79. The lowest BCUT2D eigenvalue weighted by molar-refractivity contribution is 0.279. The average molecular weight is 383 g/mol. The molecule has 7 heteroatoms. The van der Waals surface area contributed by atoms with Crippen LogP contribution < -0.4 is 4.90 Å². The Kier molecular flexibility index (Phi) is 5.23. The van der Waals surface area contributed by atoms with Gasteiger partial charge in [-0.2, -0.15) is 0 Å². The molecule has 0 aromatic carbocycles. The Labute approximate surface area is 157 Å². The molecule has 0 saturated carbocycles. The van der Waals surface area contributed by atoms with E-state index in [4.69, 9.17) is 28.2 Å². The maximum Gasteiger partial charge on any atom is 0.147 e. The summed E-state index contributed by atoms with van der Waals surface area (Å²) >= 11 is 13.4. The van der Waals surface area contributed by atoms with E-state index in [0.717, 1.165) is 34.5 Å². The number of nitrogens with zero attached hydrogens (tertiary/aromatic N) is 4. The minimum atomic E-state index is 0.312. The molecule has 0 radical (unpaired) electrons. The fourth-order valence-corrected chi connectivity index (χ4v) is 3.76. The first-order valence-corrected chi connectivity index (χ1v) is 9.49. The number of pyridine rings is 1. The fourth-order valence-electron chi connectivity index (χ4n) is 2.62. The predicted molar refractivity (Wildman–Crippen MR) is 100 cm³/mol. The molecule has 0 bridgehead atoms. The van der Waals surface area contributed by atoms with Gasteiger partial charge in [-0.15, -0.1) is 0 Å². The number of anilines is 1. The molecule has 1 aliphatic rings. The second-order valence-electron chi connectivity index (χ2n) is 6.82. The van der Waals surface area contributed by atoms with Crippen molar-refractivity contribution in [2.75, 3.05) is 18.0 Å². The van der Waals surface area contributed by atoms with Gasteiger partial charge in [0.1, 0.15) is 16.0 Å². The van der Waals surface area contributed by atoms with Crippen molar-refractivity contribution < 1.29 is 0 Å². The Balaban J connectivity index is 1.74. The molecule has 1 aliphatic heterocycles. The van der Waals surface area contributed by atoms with E-state index in [-0.39, 0.29) is 0 Å². The van der Waals surface area contributed by atoms with Crippen molar-refractivity contribution >= 4 is 40.8 Å². The van der Waals surface area contributed by atoms with E-state index in [0.29, 0.717) is 15.6 Å². The van der Waals surface area contributed by atoms with Crippen molar-refractivity contribution in [1.29, 1.82) is 0 Å². The van der Waals surface area contributed by atoms with E-state index in [1.807, 2.05) is 13.1 Å². The first-order valence-electron chi connectivity index (χ1n) is 7.91. The highest BCUT2D eigenvalue weighted by Gasteiger charge is 2.26. The summed E-state index contributed by atoms with van der Waals surface area (Å²) in [7, 11) is 0. The summed E-state index contributed by atoms with van der Waals surface area (Å²) in [5.74, 6) is 0.958. The zero-order chi connectivity index (χ0) is 17.3. The molecule has 1 saturated heterocycles. The van der Waals surface area contributed by atoms with Gasteiger partial charge < -0.3 is 4.90 Å². The van der Waals surface area contributed by atoms with Crippen molar-refractivity contribution in [1.82, 2.24) is 15.0 Å². The third-order valence-corrected chi connectivity index (χ3v) is 6.05. The molecule has 24 heavy (non-hydrogen) atoms. The van der Waals surface area contributed by atoms with Crippen molar-refractivity contribution in [2.24, 2.45) is 5.41 Å². The summed E-state index contributed by atoms with van der Waals surface area (Å²) in [5, 5.41) is 1.61. The van der Waals surface area contributed by atoms with Gasteiger partial charge in [0.05, 0.1) is 16.9 Å². The summed E-state index contributed by atoms with van der Waals surface area (Å²) in [6.45, 7) is 8.70. The summed E-state index contributed by atoms with van der Waals surface area (Å²) in [5.41, 5.74) is 1.34. The van der Waals surface area contributed by atoms with Crippen LogP contribution in [-0.4, -0.2) is 28.0 Å². The SMILES string of the molecule is Cc1nc(N2CCC(C)(C)CC2)cnc1Sc1cnc(Cl)c(Cl)c1. The topological polar surface area (TPSA) is 41.9 Å². The highest BCUT2D eigenvalue weighted by molar-refractivity contribution is 7.99. The van der Waals surface area contributed by atoms with Crippen LogP contribution in [0.2, 0.25) is 10.2 Å². The van der Waals surface area contributed by atoms with E-state index in [2.05, 4.69) is 28.7 Å².